The highest BCUT2D eigenvalue weighted by Gasteiger charge is 2.30. The summed E-state index contributed by atoms with van der Waals surface area (Å²) in [5.41, 5.74) is 0. The number of carbonyl (C=O) groups excluding carboxylic acids is 4. The first-order valence-electron chi connectivity index (χ1n) is 40.7. The number of unbranched alkanes of at least 4 members (excludes halogenated alkanes) is 17. The van der Waals surface area contributed by atoms with Gasteiger partial charge in [0.25, 0.3) is 0 Å². The van der Waals surface area contributed by atoms with Gasteiger partial charge in [-0.15, -0.1) is 0 Å². The zero-order valence-corrected chi connectivity index (χ0v) is 68.5. The summed E-state index contributed by atoms with van der Waals surface area (Å²) in [6, 6.07) is 0. The summed E-state index contributed by atoms with van der Waals surface area (Å²) >= 11 is 0. The number of aliphatic hydroxyl groups excluding tert-OH is 1. The molecular formula is C89H142O17P2. The molecule has 17 nitrogen and oxygen atoms in total. The average molecular weight is 1550 g/mol. The minimum absolute atomic E-state index is 0.00877. The summed E-state index contributed by atoms with van der Waals surface area (Å²) < 4.78 is 68.4. The highest BCUT2D eigenvalue weighted by atomic mass is 31.2. The highest BCUT2D eigenvalue weighted by molar-refractivity contribution is 7.47. The Morgan fingerprint density at radius 1 is 0.278 bits per heavy atom. The monoisotopic (exact) mass is 1540 g/mol. The molecule has 19 heteroatoms. The second kappa shape index (κ2) is 79.0. The molecule has 108 heavy (non-hydrogen) atoms. The molecule has 0 saturated carbocycles. The molecule has 0 amide bonds. The molecule has 0 aliphatic carbocycles. The lowest BCUT2D eigenvalue weighted by Crippen LogP contribution is -2.30. The lowest BCUT2D eigenvalue weighted by Gasteiger charge is -2.21. The summed E-state index contributed by atoms with van der Waals surface area (Å²) in [5.74, 6) is -2.47. The van der Waals surface area contributed by atoms with E-state index in [1.54, 1.807) is 12.2 Å². The van der Waals surface area contributed by atoms with E-state index in [0.717, 1.165) is 135 Å². The molecule has 0 heterocycles. The van der Waals surface area contributed by atoms with Crippen LogP contribution in [0.5, 0.6) is 0 Å². The molecule has 5 unspecified atom stereocenters. The van der Waals surface area contributed by atoms with Gasteiger partial charge in [-0.2, -0.15) is 0 Å². The lowest BCUT2D eigenvalue weighted by atomic mass is 10.0. The van der Waals surface area contributed by atoms with Crippen LogP contribution >= 0.6 is 15.6 Å². The Morgan fingerprint density at radius 2 is 0.537 bits per heavy atom. The zero-order chi connectivity index (χ0) is 78.9. The summed E-state index contributed by atoms with van der Waals surface area (Å²) in [6.45, 7) is 4.28. The summed E-state index contributed by atoms with van der Waals surface area (Å²) in [6.07, 6.45) is 97.4. The first-order chi connectivity index (χ1) is 52.7. The first-order valence-corrected chi connectivity index (χ1v) is 43.7. The first kappa shape index (κ1) is 102. The number of allylic oxidation sites excluding steroid dienone is 31. The van der Waals surface area contributed by atoms with Crippen LogP contribution in [0.2, 0.25) is 0 Å². The van der Waals surface area contributed by atoms with E-state index >= 15 is 0 Å². The number of phosphoric ester groups is 2. The Bertz CT molecular complexity index is 2810. The van der Waals surface area contributed by atoms with E-state index in [4.69, 9.17) is 37.0 Å². The van der Waals surface area contributed by atoms with Crippen molar-refractivity contribution in [2.24, 2.45) is 0 Å². The number of phosphoric acid groups is 2. The van der Waals surface area contributed by atoms with Gasteiger partial charge in [0.05, 0.1) is 32.8 Å². The minimum atomic E-state index is -5.03. The molecule has 3 N–H and O–H groups in total. The third-order valence-electron chi connectivity index (χ3n) is 16.1. The van der Waals surface area contributed by atoms with Crippen molar-refractivity contribution in [1.29, 1.82) is 0 Å². The number of carbonyl (C=O) groups is 4. The highest BCUT2D eigenvalue weighted by Crippen LogP contribution is 2.45. The van der Waals surface area contributed by atoms with Crippen LogP contribution in [0.15, 0.2) is 194 Å². The van der Waals surface area contributed by atoms with Gasteiger partial charge in [-0.3, -0.25) is 37.3 Å². The maximum Gasteiger partial charge on any atom is 0.472 e. The maximum absolute atomic E-state index is 13.1. The molecule has 0 radical (unpaired) electrons. The molecule has 0 rings (SSSR count). The van der Waals surface area contributed by atoms with E-state index in [1.807, 2.05) is 30.4 Å². The maximum atomic E-state index is 13.1. The molecule has 0 aromatic carbocycles. The molecule has 0 spiro atoms. The Balaban J connectivity index is 5.53. The normalized spacial score (nSPS) is 14.8. The molecule has 0 aromatic rings. The summed E-state index contributed by atoms with van der Waals surface area (Å²) in [7, 11) is -10.0. The topological polar surface area (TPSA) is 237 Å². The van der Waals surface area contributed by atoms with Crippen LogP contribution in [-0.2, 0) is 65.4 Å². The Hall–Kier alpha value is -6.10. The summed E-state index contributed by atoms with van der Waals surface area (Å²) in [5, 5.41) is 10.6. The Kier molecular flexibility index (Phi) is 74.5. The van der Waals surface area contributed by atoms with Crippen LogP contribution in [0, 0.1) is 0 Å². The largest absolute Gasteiger partial charge is 0.472 e. The molecule has 0 aromatic heterocycles. The fraction of sp³-hybridized carbons (Fsp3) is 0.596. The molecule has 0 saturated heterocycles. The van der Waals surface area contributed by atoms with Crippen LogP contribution < -0.4 is 0 Å². The van der Waals surface area contributed by atoms with Crippen molar-refractivity contribution in [3.8, 4) is 0 Å². The molecule has 0 aliphatic heterocycles. The van der Waals surface area contributed by atoms with Crippen molar-refractivity contribution < 1.29 is 80.2 Å². The minimum Gasteiger partial charge on any atom is -0.462 e. The van der Waals surface area contributed by atoms with Crippen molar-refractivity contribution >= 4 is 39.5 Å². The van der Waals surface area contributed by atoms with Gasteiger partial charge in [0.1, 0.15) is 19.3 Å². The van der Waals surface area contributed by atoms with Gasteiger partial charge >= 0.3 is 39.5 Å². The van der Waals surface area contributed by atoms with Gasteiger partial charge in [0, 0.05) is 19.3 Å². The third kappa shape index (κ3) is 78.0. The van der Waals surface area contributed by atoms with Crippen LogP contribution in [0.4, 0.5) is 0 Å². The third-order valence-corrected chi connectivity index (χ3v) is 18.0. The smallest absolute Gasteiger partial charge is 0.462 e. The van der Waals surface area contributed by atoms with E-state index in [-0.39, 0.29) is 25.7 Å². The number of rotatable bonds is 74. The Morgan fingerprint density at radius 3 is 0.880 bits per heavy atom. The standard InChI is InChI=1S/C89H142O17P2/c1-5-9-13-17-21-25-29-33-37-39-41-43-47-49-53-57-61-65-69-73-86(91)99-79-84(105-88(93)75-71-67-63-59-55-51-45-35-31-27-23-19-15-11-7-3)81-103-107(95,96)101-77-83(90)78-102-108(97,98)104-82-85(106-89(94)76-72-68-64-60-56-52-46-36-32-28-24-20-16-12-8-4)80-100-87(92)74-70-66-62-58-54-50-48-44-42-40-38-34-30-26-22-18-14-10-6-2/h9-11,13-15,21-23,25-27,33-35,37-38,41-45,49-50,53-55,59,61,65,67,71,83-85,90H,5-8,12,16-20,24,28-32,36,39-40,46-48,51-52,56-58,60,62-64,66,68-70,72-82H2,1-4H3,(H,95,96)(H,97,98)/b13-9-,14-10-,15-11-,25-21-,26-22-,27-23-,37-33-,38-34-,43-41-,44-42-,45-35-,53-49-,54-50-,59-55-,65-61-,71-67-. The van der Waals surface area contributed by atoms with Crippen molar-refractivity contribution in [3.05, 3.63) is 194 Å². The molecular weight excluding hydrogens is 1400 g/mol. The number of aliphatic hydroxyl groups is 1. The van der Waals surface area contributed by atoms with E-state index in [2.05, 4.69) is 180 Å². The van der Waals surface area contributed by atoms with Crippen molar-refractivity contribution in [2.75, 3.05) is 39.6 Å². The second-order valence-electron chi connectivity index (χ2n) is 26.2. The van der Waals surface area contributed by atoms with Crippen molar-refractivity contribution in [1.82, 2.24) is 0 Å². The van der Waals surface area contributed by atoms with Gasteiger partial charge in [0.2, 0.25) is 0 Å². The fourth-order valence-electron chi connectivity index (χ4n) is 10.1. The average Bonchev–Trinajstić information content (AvgIpc) is 0.923. The number of hydrogen-bond donors (Lipinski definition) is 3. The van der Waals surface area contributed by atoms with Crippen LogP contribution in [-0.4, -0.2) is 96.7 Å². The molecule has 0 bridgehead atoms. The molecule has 0 aliphatic rings. The van der Waals surface area contributed by atoms with Gasteiger partial charge in [-0.25, -0.2) is 9.13 Å². The lowest BCUT2D eigenvalue weighted by molar-refractivity contribution is -0.161. The molecule has 5 atom stereocenters. The SMILES string of the molecule is CC/C=C\C/C=C\C/C=C\C/C=C\C/C=C\C/C=C\CCC(=O)OCC(COP(=O)(O)OCC(O)COP(=O)(O)OCC(COC(=O)CCCCC/C=C\C/C=C\C/C=C\C/C=C\C/C=C\CC)OC(=O)CCCCCCCCCCCCCCCCC)OC(=O)C/C=C\C/C=C\C/C=C\C/C=C\C/C=C\CC. The van der Waals surface area contributed by atoms with Crippen LogP contribution in [0.25, 0.3) is 0 Å². The predicted molar refractivity (Wildman–Crippen MR) is 445 cm³/mol. The van der Waals surface area contributed by atoms with Gasteiger partial charge in [0.15, 0.2) is 12.2 Å². The van der Waals surface area contributed by atoms with Crippen LogP contribution in [0.3, 0.4) is 0 Å². The van der Waals surface area contributed by atoms with E-state index < -0.39 is 97.5 Å². The molecule has 610 valence electrons. The van der Waals surface area contributed by atoms with Crippen LogP contribution in [0.1, 0.15) is 285 Å². The number of hydrogen-bond acceptors (Lipinski definition) is 15. The van der Waals surface area contributed by atoms with Gasteiger partial charge in [-0.05, 0) is 135 Å². The number of ether oxygens (including phenoxy) is 4. The fourth-order valence-corrected chi connectivity index (χ4v) is 11.6. The van der Waals surface area contributed by atoms with E-state index in [9.17, 15) is 43.2 Å². The Labute approximate surface area is 653 Å². The van der Waals surface area contributed by atoms with Gasteiger partial charge < -0.3 is 33.8 Å². The molecule has 0 fully saturated rings. The summed E-state index contributed by atoms with van der Waals surface area (Å²) in [4.78, 5) is 73.0. The van der Waals surface area contributed by atoms with Crippen molar-refractivity contribution in [3.63, 3.8) is 0 Å². The van der Waals surface area contributed by atoms with Gasteiger partial charge in [-0.1, -0.05) is 318 Å². The quantitative estimate of drug-likeness (QED) is 0.0169. The van der Waals surface area contributed by atoms with E-state index in [0.29, 0.717) is 32.1 Å². The van der Waals surface area contributed by atoms with Crippen molar-refractivity contribution in [2.45, 2.75) is 303 Å². The van der Waals surface area contributed by atoms with E-state index in [1.165, 1.54) is 64.2 Å². The predicted octanol–water partition coefficient (Wildman–Crippen LogP) is 24.1. The number of esters is 4. The second-order valence-corrected chi connectivity index (χ2v) is 29.1. The zero-order valence-electron chi connectivity index (χ0n) is 66.7.